The van der Waals surface area contributed by atoms with Crippen molar-refractivity contribution in [3.63, 3.8) is 0 Å². The number of aromatic nitrogens is 1. The quantitative estimate of drug-likeness (QED) is 0.634. The number of nitrogens with zero attached hydrogens (tertiary/aromatic N) is 2. The van der Waals surface area contributed by atoms with Gasteiger partial charge in [0.2, 0.25) is 9.84 Å². The minimum Gasteiger partial charge on any atom is -0.333 e. The predicted octanol–water partition coefficient (Wildman–Crippen LogP) is 4.13. The van der Waals surface area contributed by atoms with Gasteiger partial charge in [-0.25, -0.2) is 13.4 Å². The zero-order valence-electron chi connectivity index (χ0n) is 14.5. The highest BCUT2D eigenvalue weighted by atomic mass is 32.2. The molecule has 0 spiro atoms. The van der Waals surface area contributed by atoms with Gasteiger partial charge >= 0.3 is 5.76 Å². The second kappa shape index (κ2) is 7.32. The van der Waals surface area contributed by atoms with Crippen LogP contribution in [0.1, 0.15) is 28.3 Å². The number of rotatable bonds is 5. The topological polar surface area (TPSA) is 67.3 Å². The van der Waals surface area contributed by atoms with Gasteiger partial charge < -0.3 is 4.90 Å². The van der Waals surface area contributed by atoms with Gasteiger partial charge in [0.25, 0.3) is 5.91 Å². The van der Waals surface area contributed by atoms with Crippen LogP contribution in [0.4, 0.5) is 8.78 Å². The van der Waals surface area contributed by atoms with Crippen molar-refractivity contribution < 1.29 is 22.0 Å². The summed E-state index contributed by atoms with van der Waals surface area (Å²) in [5.41, 5.74) is 1.06. The molecule has 0 saturated heterocycles. The molecule has 1 heterocycles. The van der Waals surface area contributed by atoms with Gasteiger partial charge in [0.05, 0.1) is 21.2 Å². The van der Waals surface area contributed by atoms with Crippen molar-refractivity contribution in [2.45, 2.75) is 23.6 Å². The van der Waals surface area contributed by atoms with E-state index in [4.69, 9.17) is 0 Å². The molecule has 2 aromatic carbocycles. The minimum atomic E-state index is -4.68. The van der Waals surface area contributed by atoms with E-state index in [0.29, 0.717) is 0 Å². The van der Waals surface area contributed by atoms with Gasteiger partial charge in [0.1, 0.15) is 5.01 Å². The molecule has 3 rings (SSSR count). The van der Waals surface area contributed by atoms with Crippen LogP contribution in [-0.4, -0.2) is 37.0 Å². The van der Waals surface area contributed by atoms with Gasteiger partial charge in [0.15, 0.2) is 0 Å². The van der Waals surface area contributed by atoms with Crippen molar-refractivity contribution in [1.82, 2.24) is 9.88 Å². The summed E-state index contributed by atoms with van der Waals surface area (Å²) in [6, 6.07) is 11.9. The molecule has 0 fully saturated rings. The van der Waals surface area contributed by atoms with Crippen molar-refractivity contribution in [3.05, 3.63) is 59.1 Å². The summed E-state index contributed by atoms with van der Waals surface area (Å²) in [4.78, 5) is 18.2. The van der Waals surface area contributed by atoms with Gasteiger partial charge in [-0.2, -0.15) is 8.78 Å². The van der Waals surface area contributed by atoms with E-state index >= 15 is 0 Å². The van der Waals surface area contributed by atoms with E-state index in [1.54, 1.807) is 7.05 Å². The number of alkyl halides is 2. The fourth-order valence-electron chi connectivity index (χ4n) is 2.50. The molecule has 0 radical (unpaired) electrons. The molecule has 142 valence electrons. The predicted molar refractivity (Wildman–Crippen MR) is 99.8 cm³/mol. The van der Waals surface area contributed by atoms with E-state index in [2.05, 4.69) is 4.98 Å². The number of carbonyl (C=O) groups excluding carboxylic acids is 1. The number of carbonyl (C=O) groups is 1. The maximum absolute atomic E-state index is 12.7. The third kappa shape index (κ3) is 3.70. The van der Waals surface area contributed by atoms with Crippen LogP contribution >= 0.6 is 11.3 Å². The van der Waals surface area contributed by atoms with E-state index in [9.17, 15) is 22.0 Å². The lowest BCUT2D eigenvalue weighted by Crippen LogP contribution is -2.29. The second-order valence-electron chi connectivity index (χ2n) is 5.94. The van der Waals surface area contributed by atoms with Crippen LogP contribution in [0.25, 0.3) is 10.2 Å². The minimum absolute atomic E-state index is 0.207. The number of para-hydroxylation sites is 1. The average Bonchev–Trinajstić information content (AvgIpc) is 3.10. The Morgan fingerprint density at radius 3 is 2.33 bits per heavy atom. The molecule has 0 aliphatic rings. The first-order valence-corrected chi connectivity index (χ1v) is 10.3. The first-order valence-electron chi connectivity index (χ1n) is 7.96. The van der Waals surface area contributed by atoms with Crippen molar-refractivity contribution in [3.8, 4) is 0 Å². The molecule has 3 aromatic rings. The lowest BCUT2D eigenvalue weighted by atomic mass is 10.2. The number of hydrogen-bond donors (Lipinski definition) is 0. The highest BCUT2D eigenvalue weighted by Gasteiger charge is 2.27. The maximum atomic E-state index is 12.7. The van der Waals surface area contributed by atoms with Crippen LogP contribution in [0, 0.1) is 0 Å². The fraction of sp³-hybridized carbons (Fsp3) is 0.222. The number of fused-ring (bicyclic) bond motifs is 1. The normalized spacial score (nSPS) is 13.1. The lowest BCUT2D eigenvalue weighted by molar-refractivity contribution is 0.0742. The molecule has 5 nitrogen and oxygen atoms in total. The van der Waals surface area contributed by atoms with Crippen LogP contribution in [0.2, 0.25) is 0 Å². The largest absolute Gasteiger partial charge is 0.341 e. The molecule has 9 heteroatoms. The zero-order chi connectivity index (χ0) is 19.8. The molecule has 0 aliphatic heterocycles. The van der Waals surface area contributed by atoms with Crippen molar-refractivity contribution in [1.29, 1.82) is 0 Å². The summed E-state index contributed by atoms with van der Waals surface area (Å²) in [7, 11) is -3.07. The number of benzene rings is 2. The molecule has 0 saturated carbocycles. The Kier molecular flexibility index (Phi) is 5.25. The lowest BCUT2D eigenvalue weighted by Gasteiger charge is -2.23. The van der Waals surface area contributed by atoms with Gasteiger partial charge in [0, 0.05) is 12.6 Å². The molecule has 0 bridgehead atoms. The molecular weight excluding hydrogens is 394 g/mol. The highest BCUT2D eigenvalue weighted by molar-refractivity contribution is 7.91. The number of thiazole rings is 1. The Morgan fingerprint density at radius 1 is 1.11 bits per heavy atom. The van der Waals surface area contributed by atoms with E-state index in [0.717, 1.165) is 27.4 Å². The zero-order valence-corrected chi connectivity index (χ0v) is 16.1. The molecular formula is C18H16F2N2O3S2. The van der Waals surface area contributed by atoms with Crippen molar-refractivity contribution in [2.75, 3.05) is 7.05 Å². The monoisotopic (exact) mass is 410 g/mol. The Hall–Kier alpha value is -2.39. The molecule has 0 unspecified atom stereocenters. The van der Waals surface area contributed by atoms with Crippen LogP contribution in [0.5, 0.6) is 0 Å². The van der Waals surface area contributed by atoms with Gasteiger partial charge in [-0.15, -0.1) is 11.3 Å². The molecule has 1 aromatic heterocycles. The van der Waals surface area contributed by atoms with E-state index < -0.39 is 20.5 Å². The van der Waals surface area contributed by atoms with Crippen molar-refractivity contribution >= 4 is 37.3 Å². The van der Waals surface area contributed by atoms with Crippen LogP contribution in [0.15, 0.2) is 53.4 Å². The Bertz CT molecular complexity index is 1050. The highest BCUT2D eigenvalue weighted by Crippen LogP contribution is 2.29. The molecule has 1 atom stereocenters. The molecule has 27 heavy (non-hydrogen) atoms. The standard InChI is InChI=1S/C18H16F2N2O3S2/c1-11(16-21-14-5-3-4-6-15(14)26-16)22(2)17(23)12-7-9-13(10-8-12)27(24,25)18(19)20/h3-11,18H,1-2H3/t11-/m1/s1. The van der Waals surface area contributed by atoms with Gasteiger partial charge in [-0.1, -0.05) is 12.1 Å². The first-order chi connectivity index (χ1) is 12.7. The average molecular weight is 410 g/mol. The summed E-state index contributed by atoms with van der Waals surface area (Å²) in [5, 5.41) is 0.768. The summed E-state index contributed by atoms with van der Waals surface area (Å²) in [5.74, 6) is -3.86. The summed E-state index contributed by atoms with van der Waals surface area (Å²) >= 11 is 1.49. The first kappa shape index (κ1) is 19.4. The maximum Gasteiger partial charge on any atom is 0.341 e. The second-order valence-corrected chi connectivity index (χ2v) is 8.92. The van der Waals surface area contributed by atoms with E-state index in [1.165, 1.54) is 28.4 Å². The Balaban J connectivity index is 1.82. The Morgan fingerprint density at radius 2 is 1.74 bits per heavy atom. The van der Waals surface area contributed by atoms with Crippen LogP contribution < -0.4 is 0 Å². The number of sulfone groups is 1. The fourth-order valence-corrected chi connectivity index (χ4v) is 4.29. The van der Waals surface area contributed by atoms with Gasteiger partial charge in [-0.05, 0) is 43.3 Å². The van der Waals surface area contributed by atoms with E-state index in [-0.39, 0.29) is 17.5 Å². The SMILES string of the molecule is C[C@H](c1nc2ccccc2s1)N(C)C(=O)c1ccc(S(=O)(=O)C(F)F)cc1. The third-order valence-electron chi connectivity index (χ3n) is 4.23. The van der Waals surface area contributed by atoms with E-state index in [1.807, 2.05) is 31.2 Å². The molecule has 0 N–H and O–H groups in total. The third-order valence-corrected chi connectivity index (χ3v) is 6.84. The Labute approximate surface area is 159 Å². The number of halogens is 2. The van der Waals surface area contributed by atoms with Crippen molar-refractivity contribution in [2.24, 2.45) is 0 Å². The van der Waals surface area contributed by atoms with Crippen LogP contribution in [-0.2, 0) is 9.84 Å². The van der Waals surface area contributed by atoms with Crippen LogP contribution in [0.3, 0.4) is 0 Å². The molecule has 1 amide bonds. The number of amides is 1. The van der Waals surface area contributed by atoms with Gasteiger partial charge in [-0.3, -0.25) is 4.79 Å². The smallest absolute Gasteiger partial charge is 0.333 e. The summed E-state index contributed by atoms with van der Waals surface area (Å²) < 4.78 is 49.2. The number of hydrogen-bond acceptors (Lipinski definition) is 5. The summed E-state index contributed by atoms with van der Waals surface area (Å²) in [6.07, 6.45) is 0. The summed E-state index contributed by atoms with van der Waals surface area (Å²) in [6.45, 7) is 1.84. The molecule has 0 aliphatic carbocycles.